The van der Waals surface area contributed by atoms with E-state index in [4.69, 9.17) is 9.16 Å². The Bertz CT molecular complexity index is 704. The third-order valence-electron chi connectivity index (χ3n) is 5.17. The van der Waals surface area contributed by atoms with Gasteiger partial charge in [-0.05, 0) is 86.0 Å². The summed E-state index contributed by atoms with van der Waals surface area (Å²) < 4.78 is 13.0. The van der Waals surface area contributed by atoms with Crippen molar-refractivity contribution < 1.29 is 9.16 Å². The van der Waals surface area contributed by atoms with Crippen molar-refractivity contribution in [3.8, 4) is 5.75 Å². The number of ether oxygens (including phenoxy) is 1. The molecule has 0 fully saturated rings. The van der Waals surface area contributed by atoms with E-state index in [0.717, 1.165) is 17.1 Å². The van der Waals surface area contributed by atoms with E-state index < -0.39 is 8.32 Å². The molecule has 148 valence electrons. The van der Waals surface area contributed by atoms with Crippen LogP contribution in [0.15, 0.2) is 53.7 Å². The van der Waals surface area contributed by atoms with Crippen LogP contribution in [0.1, 0.15) is 33.3 Å². The van der Waals surface area contributed by atoms with E-state index in [1.165, 1.54) is 5.56 Å². The van der Waals surface area contributed by atoms with Crippen molar-refractivity contribution in [1.29, 1.82) is 0 Å². The molecule has 0 bridgehead atoms. The van der Waals surface area contributed by atoms with Crippen LogP contribution in [0, 0.1) is 0 Å². The third-order valence-corrected chi connectivity index (χ3v) is 11.2. The van der Waals surface area contributed by atoms with Crippen LogP contribution in [-0.2, 0) is 10.8 Å². The fraction of sp³-hybridized carbons (Fsp3) is 0.476. The Morgan fingerprint density at radius 2 is 1.81 bits per heavy atom. The van der Waals surface area contributed by atoms with Crippen LogP contribution < -0.4 is 4.74 Å². The van der Waals surface area contributed by atoms with Crippen molar-refractivity contribution in [1.82, 2.24) is 4.98 Å². The van der Waals surface area contributed by atoms with Crippen LogP contribution in [0.5, 0.6) is 5.75 Å². The lowest BCUT2D eigenvalue weighted by Crippen LogP contribution is -2.48. The van der Waals surface area contributed by atoms with Crippen LogP contribution in [0.4, 0.5) is 0 Å². The highest BCUT2D eigenvalue weighted by molar-refractivity contribution is 9.50. The molecule has 0 N–H and O–H groups in total. The van der Waals surface area contributed by atoms with Gasteiger partial charge >= 0.3 is 0 Å². The van der Waals surface area contributed by atoms with Gasteiger partial charge < -0.3 is 9.16 Å². The van der Waals surface area contributed by atoms with Gasteiger partial charge in [0.1, 0.15) is 11.9 Å². The van der Waals surface area contributed by atoms with Crippen molar-refractivity contribution in [3.63, 3.8) is 0 Å². The molecule has 0 saturated heterocycles. The fourth-order valence-electron chi connectivity index (χ4n) is 2.47. The number of benzene rings is 1. The molecular formula is C21H30BrNO2SSi. The Morgan fingerprint density at radius 3 is 2.33 bits per heavy atom. The second-order valence-corrected chi connectivity index (χ2v) is 14.7. The zero-order valence-corrected chi connectivity index (χ0v) is 20.4. The van der Waals surface area contributed by atoms with E-state index in [1.54, 1.807) is 16.4 Å². The predicted molar refractivity (Wildman–Crippen MR) is 121 cm³/mol. The molecule has 0 aliphatic heterocycles. The first kappa shape index (κ1) is 22.5. The molecule has 2 rings (SSSR count). The number of hydrogen-bond donors (Lipinski definition) is 0. The Kier molecular flexibility index (Phi) is 7.98. The number of nitrogens with zero attached hydrogens (tertiary/aromatic N) is 1. The monoisotopic (exact) mass is 467 g/mol. The molecule has 0 aliphatic carbocycles. The first-order valence-electron chi connectivity index (χ1n) is 9.24. The number of rotatable bonds is 8. The third kappa shape index (κ3) is 6.63. The molecule has 0 aliphatic rings. The zero-order chi connectivity index (χ0) is 20.1. The maximum atomic E-state index is 6.76. The van der Waals surface area contributed by atoms with Gasteiger partial charge in [0, 0.05) is 23.7 Å². The van der Waals surface area contributed by atoms with E-state index >= 15 is 0 Å². The Labute approximate surface area is 176 Å². The lowest BCUT2D eigenvalue weighted by atomic mass is 10.1. The van der Waals surface area contributed by atoms with Crippen molar-refractivity contribution in [2.24, 2.45) is 0 Å². The number of pyridine rings is 1. The second kappa shape index (κ2) is 9.59. The molecular weight excluding hydrogens is 438 g/mol. The molecule has 2 atom stereocenters. The molecule has 6 heteroatoms. The highest BCUT2D eigenvalue weighted by Crippen LogP contribution is 2.38. The van der Waals surface area contributed by atoms with Gasteiger partial charge in [0.15, 0.2) is 8.32 Å². The number of hydrogen-bond acceptors (Lipinski definition) is 4. The normalized spacial score (nSPS) is 14.6. The summed E-state index contributed by atoms with van der Waals surface area (Å²) in [7, 11) is -0.381. The molecule has 0 saturated carbocycles. The van der Waals surface area contributed by atoms with Crippen molar-refractivity contribution in [2.75, 3.05) is 0 Å². The summed E-state index contributed by atoms with van der Waals surface area (Å²) in [6.07, 6.45) is 4.41. The summed E-state index contributed by atoms with van der Waals surface area (Å²) in [5, 5.41) is 0.147. The number of halogens is 1. The van der Waals surface area contributed by atoms with Gasteiger partial charge in [0.25, 0.3) is 0 Å². The molecule has 2 aromatic rings. The van der Waals surface area contributed by atoms with Gasteiger partial charge in [-0.1, -0.05) is 26.8 Å². The molecule has 1 aromatic heterocycles. The molecule has 0 radical (unpaired) electrons. The molecule has 0 spiro atoms. The van der Waals surface area contributed by atoms with E-state index in [-0.39, 0.29) is 17.2 Å². The minimum absolute atomic E-state index is 0.0275. The average Bonchev–Trinajstić information content (AvgIpc) is 2.61. The van der Waals surface area contributed by atoms with Gasteiger partial charge in [0.05, 0.1) is 6.10 Å². The predicted octanol–water partition coefficient (Wildman–Crippen LogP) is 6.88. The lowest BCUT2D eigenvalue weighted by molar-refractivity contribution is 0.0556. The second-order valence-electron chi connectivity index (χ2n) is 8.35. The van der Waals surface area contributed by atoms with E-state index in [0.29, 0.717) is 0 Å². The summed E-state index contributed by atoms with van der Waals surface area (Å²) in [6, 6.07) is 12.2. The highest BCUT2D eigenvalue weighted by Gasteiger charge is 2.40. The summed E-state index contributed by atoms with van der Waals surface area (Å²) in [4.78, 5) is 5.41. The largest absolute Gasteiger partial charge is 0.488 e. The topological polar surface area (TPSA) is 31.4 Å². The SMILES string of the molecule is C[C@@H](Oc1ccc(SBr)cc1)C(Cc1cccnc1)O[Si](C)(C)C(C)(C)C. The maximum Gasteiger partial charge on any atom is 0.192 e. The number of aromatic nitrogens is 1. The van der Waals surface area contributed by atoms with Gasteiger partial charge in [-0.25, -0.2) is 0 Å². The van der Waals surface area contributed by atoms with Crippen molar-refractivity contribution in [2.45, 2.75) is 69.4 Å². The molecule has 27 heavy (non-hydrogen) atoms. The van der Waals surface area contributed by atoms with Crippen LogP contribution in [0.3, 0.4) is 0 Å². The Morgan fingerprint density at radius 1 is 1.15 bits per heavy atom. The van der Waals surface area contributed by atoms with E-state index in [2.05, 4.69) is 66.7 Å². The Balaban J connectivity index is 2.18. The minimum Gasteiger partial charge on any atom is -0.488 e. The summed E-state index contributed by atoms with van der Waals surface area (Å²) in [5.74, 6) is 0.864. The molecule has 0 amide bonds. The molecule has 1 aromatic carbocycles. The fourth-order valence-corrected chi connectivity index (χ4v) is 4.74. The smallest absolute Gasteiger partial charge is 0.192 e. The first-order chi connectivity index (χ1) is 12.6. The van der Waals surface area contributed by atoms with Gasteiger partial charge in [-0.3, -0.25) is 4.98 Å². The van der Waals surface area contributed by atoms with Crippen molar-refractivity contribution >= 4 is 33.3 Å². The van der Waals surface area contributed by atoms with E-state index in [9.17, 15) is 0 Å². The van der Waals surface area contributed by atoms with Crippen LogP contribution in [0.2, 0.25) is 18.1 Å². The average molecular weight is 469 g/mol. The molecule has 3 nitrogen and oxygen atoms in total. The Hall–Kier alpha value is -0.823. The summed E-state index contributed by atoms with van der Waals surface area (Å²) in [6.45, 7) is 13.5. The van der Waals surface area contributed by atoms with Crippen LogP contribution in [0.25, 0.3) is 0 Å². The molecule has 1 heterocycles. The van der Waals surface area contributed by atoms with Gasteiger partial charge in [0.2, 0.25) is 0 Å². The standard InChI is InChI=1S/C21H30BrNO2SSi/c1-16(24-18-9-11-19(26-22)12-10-18)20(14-17-8-7-13-23-15-17)25-27(5,6)21(2,3)4/h7-13,15-16,20H,14H2,1-6H3/t16-,20?/m1/s1. The van der Waals surface area contributed by atoms with Crippen LogP contribution in [-0.4, -0.2) is 25.5 Å². The first-order valence-corrected chi connectivity index (χ1v) is 14.8. The summed E-state index contributed by atoms with van der Waals surface area (Å²) in [5.41, 5.74) is 1.17. The highest BCUT2D eigenvalue weighted by atomic mass is 79.9. The van der Waals surface area contributed by atoms with E-state index in [1.807, 2.05) is 36.5 Å². The van der Waals surface area contributed by atoms with Crippen molar-refractivity contribution in [3.05, 3.63) is 54.4 Å². The molecule has 1 unspecified atom stereocenters. The van der Waals surface area contributed by atoms with Crippen LogP contribution >= 0.6 is 25.0 Å². The lowest BCUT2D eigenvalue weighted by Gasteiger charge is -2.41. The van der Waals surface area contributed by atoms with Gasteiger partial charge in [-0.15, -0.1) is 0 Å². The minimum atomic E-state index is -1.93. The zero-order valence-electron chi connectivity index (χ0n) is 17.0. The summed E-state index contributed by atoms with van der Waals surface area (Å²) >= 11 is 3.40. The quantitative estimate of drug-likeness (QED) is 0.395. The maximum absolute atomic E-state index is 6.76. The van der Waals surface area contributed by atoms with Gasteiger partial charge in [-0.2, -0.15) is 0 Å².